The van der Waals surface area contributed by atoms with Crippen LogP contribution in [0.25, 0.3) is 0 Å². The Morgan fingerprint density at radius 3 is 2.60 bits per heavy atom. The summed E-state index contributed by atoms with van der Waals surface area (Å²) in [7, 11) is 0. The van der Waals surface area contributed by atoms with Crippen LogP contribution in [0, 0.1) is 11.8 Å². The first-order chi connectivity index (χ1) is 7.16. The van der Waals surface area contributed by atoms with Crippen molar-refractivity contribution in [2.75, 3.05) is 0 Å². The first kappa shape index (κ1) is 10.9. The topological polar surface area (TPSA) is 46.5 Å². The van der Waals surface area contributed by atoms with Gasteiger partial charge in [0.2, 0.25) is 0 Å². The molecule has 3 unspecified atom stereocenters. The van der Waals surface area contributed by atoms with Gasteiger partial charge in [0.15, 0.2) is 6.10 Å². The minimum Gasteiger partial charge on any atom is -0.479 e. The fraction of sp³-hybridized carbons (Fsp3) is 0.917. The van der Waals surface area contributed by atoms with Crippen LogP contribution in [0.1, 0.15) is 45.4 Å². The van der Waals surface area contributed by atoms with Crippen molar-refractivity contribution in [3.8, 4) is 0 Å². The average Bonchev–Trinajstić information content (AvgIpc) is 2.97. The normalized spacial score (nSPS) is 33.7. The van der Waals surface area contributed by atoms with Crippen LogP contribution < -0.4 is 0 Å². The van der Waals surface area contributed by atoms with Gasteiger partial charge in [0.05, 0.1) is 6.10 Å². The summed E-state index contributed by atoms with van der Waals surface area (Å²) in [4.78, 5) is 11.0. The molecule has 2 aliphatic rings. The molecule has 1 N–H and O–H groups in total. The van der Waals surface area contributed by atoms with Crippen LogP contribution in [-0.2, 0) is 9.53 Å². The first-order valence-corrected chi connectivity index (χ1v) is 6.05. The monoisotopic (exact) mass is 212 g/mol. The van der Waals surface area contributed by atoms with Gasteiger partial charge in [0.25, 0.3) is 0 Å². The maximum atomic E-state index is 11.0. The molecule has 0 aromatic rings. The zero-order valence-electron chi connectivity index (χ0n) is 9.32. The van der Waals surface area contributed by atoms with Crippen LogP contribution >= 0.6 is 0 Å². The van der Waals surface area contributed by atoms with E-state index in [4.69, 9.17) is 9.84 Å². The molecular formula is C12H20O3. The summed E-state index contributed by atoms with van der Waals surface area (Å²) in [6.45, 7) is 2.22. The van der Waals surface area contributed by atoms with Crippen molar-refractivity contribution < 1.29 is 14.6 Å². The van der Waals surface area contributed by atoms with Crippen molar-refractivity contribution in [1.82, 2.24) is 0 Å². The summed E-state index contributed by atoms with van der Waals surface area (Å²) in [6.07, 6.45) is 6.25. The minimum atomic E-state index is -0.768. The van der Waals surface area contributed by atoms with Crippen LogP contribution in [0.15, 0.2) is 0 Å². The molecule has 0 spiro atoms. The van der Waals surface area contributed by atoms with E-state index < -0.39 is 12.1 Å². The largest absolute Gasteiger partial charge is 0.479 e. The average molecular weight is 212 g/mol. The molecule has 0 amide bonds. The summed E-state index contributed by atoms with van der Waals surface area (Å²) in [5.41, 5.74) is 0. The maximum Gasteiger partial charge on any atom is 0.333 e. The van der Waals surface area contributed by atoms with Crippen molar-refractivity contribution in [3.05, 3.63) is 0 Å². The van der Waals surface area contributed by atoms with Gasteiger partial charge in [-0.05, 0) is 37.5 Å². The highest BCUT2D eigenvalue weighted by Crippen LogP contribution is 2.37. The van der Waals surface area contributed by atoms with E-state index in [-0.39, 0.29) is 6.10 Å². The zero-order valence-corrected chi connectivity index (χ0v) is 9.32. The first-order valence-electron chi connectivity index (χ1n) is 6.05. The molecule has 3 atom stereocenters. The molecule has 86 valence electrons. The third-order valence-electron chi connectivity index (χ3n) is 3.52. The molecule has 2 rings (SSSR count). The molecule has 0 aliphatic heterocycles. The standard InChI is InChI=1S/C12H20O3/c1-8-3-2-4-10(7-8)15-11(12(13)14)9-5-6-9/h8-11H,2-7H2,1H3,(H,13,14). The second-order valence-electron chi connectivity index (χ2n) is 5.13. The van der Waals surface area contributed by atoms with Gasteiger partial charge in [0.1, 0.15) is 0 Å². The van der Waals surface area contributed by atoms with E-state index in [1.54, 1.807) is 0 Å². The van der Waals surface area contributed by atoms with Gasteiger partial charge in [-0.1, -0.05) is 19.8 Å². The lowest BCUT2D eigenvalue weighted by Crippen LogP contribution is -2.33. The number of ether oxygens (including phenoxy) is 1. The molecule has 0 radical (unpaired) electrons. The second-order valence-corrected chi connectivity index (χ2v) is 5.13. The van der Waals surface area contributed by atoms with Gasteiger partial charge < -0.3 is 9.84 Å². The summed E-state index contributed by atoms with van der Waals surface area (Å²) >= 11 is 0. The molecule has 3 nitrogen and oxygen atoms in total. The fourth-order valence-corrected chi connectivity index (χ4v) is 2.48. The zero-order chi connectivity index (χ0) is 10.8. The number of aliphatic carboxylic acids is 1. The third kappa shape index (κ3) is 2.94. The smallest absolute Gasteiger partial charge is 0.333 e. The minimum absolute atomic E-state index is 0.190. The highest BCUT2D eigenvalue weighted by atomic mass is 16.5. The number of rotatable bonds is 4. The Balaban J connectivity index is 1.85. The predicted octanol–water partition coefficient (Wildman–Crippen LogP) is 2.44. The van der Waals surface area contributed by atoms with Crippen molar-refractivity contribution >= 4 is 5.97 Å². The second kappa shape index (κ2) is 4.52. The number of hydrogen-bond donors (Lipinski definition) is 1. The highest BCUT2D eigenvalue weighted by molar-refractivity contribution is 5.73. The molecule has 15 heavy (non-hydrogen) atoms. The molecule has 0 aromatic carbocycles. The van der Waals surface area contributed by atoms with Crippen molar-refractivity contribution in [2.24, 2.45) is 11.8 Å². The Hall–Kier alpha value is -0.570. The van der Waals surface area contributed by atoms with E-state index in [0.717, 1.165) is 25.7 Å². The van der Waals surface area contributed by atoms with Crippen LogP contribution in [0.4, 0.5) is 0 Å². The molecule has 3 heteroatoms. The molecular weight excluding hydrogens is 192 g/mol. The quantitative estimate of drug-likeness (QED) is 0.778. The van der Waals surface area contributed by atoms with Gasteiger partial charge in [-0.3, -0.25) is 0 Å². The summed E-state index contributed by atoms with van der Waals surface area (Å²) in [5, 5.41) is 9.06. The molecule has 0 saturated heterocycles. The molecule has 2 saturated carbocycles. The molecule has 2 aliphatic carbocycles. The molecule has 2 fully saturated rings. The third-order valence-corrected chi connectivity index (χ3v) is 3.52. The van der Waals surface area contributed by atoms with Crippen LogP contribution in [0.5, 0.6) is 0 Å². The van der Waals surface area contributed by atoms with Crippen LogP contribution in [0.3, 0.4) is 0 Å². The van der Waals surface area contributed by atoms with E-state index in [2.05, 4.69) is 6.92 Å². The lowest BCUT2D eigenvalue weighted by molar-refractivity contribution is -0.158. The van der Waals surface area contributed by atoms with Gasteiger partial charge in [-0.25, -0.2) is 4.79 Å². The number of carbonyl (C=O) groups is 1. The van der Waals surface area contributed by atoms with E-state index in [1.165, 1.54) is 12.8 Å². The number of carboxylic acid groups (broad SMARTS) is 1. The van der Waals surface area contributed by atoms with Crippen molar-refractivity contribution in [1.29, 1.82) is 0 Å². The van der Waals surface area contributed by atoms with E-state index in [1.807, 2.05) is 0 Å². The van der Waals surface area contributed by atoms with Gasteiger partial charge in [-0.15, -0.1) is 0 Å². The Morgan fingerprint density at radius 1 is 1.33 bits per heavy atom. The number of hydrogen-bond acceptors (Lipinski definition) is 2. The lowest BCUT2D eigenvalue weighted by atomic mass is 9.88. The predicted molar refractivity (Wildman–Crippen MR) is 56.7 cm³/mol. The van der Waals surface area contributed by atoms with Gasteiger partial charge in [-0.2, -0.15) is 0 Å². The Morgan fingerprint density at radius 2 is 2.07 bits per heavy atom. The van der Waals surface area contributed by atoms with Gasteiger partial charge in [0, 0.05) is 0 Å². The molecule has 0 heterocycles. The Bertz CT molecular complexity index is 235. The highest BCUT2D eigenvalue weighted by Gasteiger charge is 2.39. The Kier molecular flexibility index (Phi) is 3.29. The summed E-state index contributed by atoms with van der Waals surface area (Å²) in [6, 6.07) is 0. The lowest BCUT2D eigenvalue weighted by Gasteiger charge is -2.29. The van der Waals surface area contributed by atoms with E-state index in [0.29, 0.717) is 11.8 Å². The van der Waals surface area contributed by atoms with E-state index >= 15 is 0 Å². The molecule has 0 aromatic heterocycles. The van der Waals surface area contributed by atoms with Crippen molar-refractivity contribution in [3.63, 3.8) is 0 Å². The summed E-state index contributed by atoms with van der Waals surface area (Å²) in [5.74, 6) is 0.216. The van der Waals surface area contributed by atoms with Crippen LogP contribution in [-0.4, -0.2) is 23.3 Å². The van der Waals surface area contributed by atoms with Gasteiger partial charge >= 0.3 is 5.97 Å². The molecule has 0 bridgehead atoms. The van der Waals surface area contributed by atoms with Crippen LogP contribution in [0.2, 0.25) is 0 Å². The fourth-order valence-electron chi connectivity index (χ4n) is 2.48. The summed E-state index contributed by atoms with van der Waals surface area (Å²) < 4.78 is 5.75. The Labute approximate surface area is 90.8 Å². The SMILES string of the molecule is CC1CCCC(OC(C(=O)O)C2CC2)C1. The maximum absolute atomic E-state index is 11.0. The van der Waals surface area contributed by atoms with E-state index in [9.17, 15) is 4.79 Å². The number of carboxylic acids is 1. The van der Waals surface area contributed by atoms with Crippen molar-refractivity contribution in [2.45, 2.75) is 57.7 Å².